The Morgan fingerprint density at radius 1 is 1.17 bits per heavy atom. The van der Waals surface area contributed by atoms with Gasteiger partial charge in [-0.1, -0.05) is 20.8 Å². The summed E-state index contributed by atoms with van der Waals surface area (Å²) in [6.45, 7) is 12.3. The van der Waals surface area contributed by atoms with E-state index in [9.17, 15) is 4.79 Å². The number of aromatic nitrogens is 2. The van der Waals surface area contributed by atoms with Crippen LogP contribution in [0, 0.1) is 0 Å². The Morgan fingerprint density at radius 3 is 2.50 bits per heavy atom. The molecule has 0 saturated heterocycles. The van der Waals surface area contributed by atoms with E-state index < -0.39 is 8.32 Å². The van der Waals surface area contributed by atoms with E-state index in [1.807, 2.05) is 11.8 Å². The van der Waals surface area contributed by atoms with Crippen molar-refractivity contribution in [1.29, 1.82) is 0 Å². The Labute approximate surface area is 151 Å². The molecular formula is C18H32N2O2SSi. The third-order valence-corrected chi connectivity index (χ3v) is 10.8. The quantitative estimate of drug-likeness (QED) is 0.585. The molecule has 0 saturated carbocycles. The molecular weight excluding hydrogens is 336 g/mol. The molecule has 0 aliphatic heterocycles. The predicted molar refractivity (Wildman–Crippen MR) is 106 cm³/mol. The Balaban J connectivity index is 1.77. The van der Waals surface area contributed by atoms with Gasteiger partial charge in [0, 0.05) is 24.3 Å². The standard InChI is InChI=1S/C18H32N2O2SSi/c1-18(2,3)24(4,5)22-11-13-23-12-10-16-14-8-6-7-9-15(14)17(21)20-19-16/h6-13H2,1-5H3,(H,20,21). The van der Waals surface area contributed by atoms with Gasteiger partial charge in [-0.05, 0) is 55.1 Å². The molecule has 0 aromatic carbocycles. The van der Waals surface area contributed by atoms with Crippen molar-refractivity contribution >= 4 is 20.1 Å². The lowest BCUT2D eigenvalue weighted by Gasteiger charge is -2.36. The fraction of sp³-hybridized carbons (Fsp3) is 0.778. The highest BCUT2D eigenvalue weighted by molar-refractivity contribution is 7.99. The molecule has 0 radical (unpaired) electrons. The van der Waals surface area contributed by atoms with Gasteiger partial charge in [0.05, 0.1) is 5.69 Å². The molecule has 0 amide bonds. The molecule has 1 aliphatic carbocycles. The normalized spacial score (nSPS) is 15.4. The third kappa shape index (κ3) is 4.96. The van der Waals surface area contributed by atoms with E-state index in [0.717, 1.165) is 55.1 Å². The number of aryl methyl sites for hydroxylation is 1. The second-order valence-corrected chi connectivity index (χ2v) is 14.2. The molecule has 1 aliphatic rings. The first-order chi connectivity index (χ1) is 11.2. The third-order valence-electron chi connectivity index (χ3n) is 5.36. The molecule has 0 atom stereocenters. The van der Waals surface area contributed by atoms with Crippen LogP contribution in [0.25, 0.3) is 0 Å². The predicted octanol–water partition coefficient (Wildman–Crippen LogP) is 3.95. The zero-order chi connectivity index (χ0) is 17.8. The first-order valence-electron chi connectivity index (χ1n) is 9.03. The summed E-state index contributed by atoms with van der Waals surface area (Å²) in [5.74, 6) is 2.06. The summed E-state index contributed by atoms with van der Waals surface area (Å²) < 4.78 is 6.21. The molecule has 136 valence electrons. The molecule has 24 heavy (non-hydrogen) atoms. The average Bonchev–Trinajstić information content (AvgIpc) is 2.52. The van der Waals surface area contributed by atoms with Crippen molar-refractivity contribution in [2.75, 3.05) is 18.1 Å². The zero-order valence-electron chi connectivity index (χ0n) is 15.8. The number of rotatable bonds is 7. The van der Waals surface area contributed by atoms with Crippen molar-refractivity contribution < 1.29 is 4.43 Å². The maximum Gasteiger partial charge on any atom is 0.267 e. The van der Waals surface area contributed by atoms with E-state index >= 15 is 0 Å². The van der Waals surface area contributed by atoms with Crippen LogP contribution in [0.15, 0.2) is 4.79 Å². The van der Waals surface area contributed by atoms with E-state index in [0.29, 0.717) is 0 Å². The van der Waals surface area contributed by atoms with Crippen LogP contribution in [0.1, 0.15) is 50.4 Å². The number of aromatic amines is 1. The van der Waals surface area contributed by atoms with Gasteiger partial charge in [0.1, 0.15) is 0 Å². The fourth-order valence-electron chi connectivity index (χ4n) is 2.78. The molecule has 0 fully saturated rings. The van der Waals surface area contributed by atoms with Crippen molar-refractivity contribution in [3.8, 4) is 0 Å². The molecule has 0 spiro atoms. The molecule has 1 aromatic rings. The van der Waals surface area contributed by atoms with E-state index in [2.05, 4.69) is 44.1 Å². The van der Waals surface area contributed by atoms with E-state index in [1.54, 1.807) is 0 Å². The Hall–Kier alpha value is -0.593. The van der Waals surface area contributed by atoms with Crippen LogP contribution in [0.5, 0.6) is 0 Å². The van der Waals surface area contributed by atoms with Crippen LogP contribution in [0.2, 0.25) is 18.1 Å². The van der Waals surface area contributed by atoms with Crippen molar-refractivity contribution in [3.63, 3.8) is 0 Å². The number of fused-ring (bicyclic) bond motifs is 1. The van der Waals surface area contributed by atoms with Crippen LogP contribution < -0.4 is 5.56 Å². The summed E-state index contributed by atoms with van der Waals surface area (Å²) in [4.78, 5) is 11.9. The van der Waals surface area contributed by atoms with Crippen LogP contribution >= 0.6 is 11.8 Å². The van der Waals surface area contributed by atoms with Crippen molar-refractivity contribution in [2.24, 2.45) is 0 Å². The van der Waals surface area contributed by atoms with Gasteiger partial charge in [-0.2, -0.15) is 16.9 Å². The van der Waals surface area contributed by atoms with Crippen molar-refractivity contribution in [2.45, 2.75) is 71.0 Å². The number of hydrogen-bond donors (Lipinski definition) is 1. The first-order valence-corrected chi connectivity index (χ1v) is 13.1. The lowest BCUT2D eigenvalue weighted by Crippen LogP contribution is -2.41. The van der Waals surface area contributed by atoms with E-state index in [1.165, 1.54) is 12.0 Å². The smallest absolute Gasteiger partial charge is 0.267 e. The molecule has 0 unspecified atom stereocenters. The first kappa shape index (κ1) is 19.7. The minimum Gasteiger partial charge on any atom is -0.416 e. The zero-order valence-corrected chi connectivity index (χ0v) is 17.6. The second-order valence-electron chi connectivity index (χ2n) is 8.13. The summed E-state index contributed by atoms with van der Waals surface area (Å²) in [5.41, 5.74) is 3.33. The molecule has 4 nitrogen and oxygen atoms in total. The summed E-state index contributed by atoms with van der Waals surface area (Å²) in [7, 11) is -1.62. The lowest BCUT2D eigenvalue weighted by molar-refractivity contribution is 0.311. The van der Waals surface area contributed by atoms with Crippen LogP contribution in [-0.4, -0.2) is 36.6 Å². The summed E-state index contributed by atoms with van der Waals surface area (Å²) in [6, 6.07) is 0. The second kappa shape index (κ2) is 8.19. The minimum absolute atomic E-state index is 0.0175. The average molecular weight is 369 g/mol. The molecule has 1 aromatic heterocycles. The topological polar surface area (TPSA) is 55.0 Å². The van der Waals surface area contributed by atoms with E-state index in [4.69, 9.17) is 4.43 Å². The van der Waals surface area contributed by atoms with Gasteiger partial charge in [0.25, 0.3) is 5.56 Å². The SMILES string of the molecule is CC(C)(C)[Si](C)(C)OCCSCCc1n[nH]c(=O)c2c1CCCC2. The van der Waals surface area contributed by atoms with Gasteiger partial charge in [0.2, 0.25) is 0 Å². The van der Waals surface area contributed by atoms with Crippen LogP contribution in [0.3, 0.4) is 0 Å². The van der Waals surface area contributed by atoms with Crippen molar-refractivity contribution in [1.82, 2.24) is 10.2 Å². The van der Waals surface area contributed by atoms with Gasteiger partial charge in [0.15, 0.2) is 8.32 Å². The number of nitrogens with one attached hydrogen (secondary N) is 1. The fourth-order valence-corrected chi connectivity index (χ4v) is 4.71. The highest BCUT2D eigenvalue weighted by Crippen LogP contribution is 2.36. The monoisotopic (exact) mass is 368 g/mol. The molecule has 0 bridgehead atoms. The van der Waals surface area contributed by atoms with Crippen molar-refractivity contribution in [3.05, 3.63) is 27.2 Å². The van der Waals surface area contributed by atoms with Crippen LogP contribution in [-0.2, 0) is 23.7 Å². The summed E-state index contributed by atoms with van der Waals surface area (Å²) in [6.07, 6.45) is 5.16. The van der Waals surface area contributed by atoms with Gasteiger partial charge < -0.3 is 4.43 Å². The largest absolute Gasteiger partial charge is 0.416 e. The molecule has 6 heteroatoms. The van der Waals surface area contributed by atoms with Gasteiger partial charge in [-0.25, -0.2) is 5.10 Å². The highest BCUT2D eigenvalue weighted by atomic mass is 32.2. The number of H-pyrrole nitrogens is 1. The minimum atomic E-state index is -1.62. The highest BCUT2D eigenvalue weighted by Gasteiger charge is 2.36. The maximum atomic E-state index is 11.9. The van der Waals surface area contributed by atoms with E-state index in [-0.39, 0.29) is 10.6 Å². The van der Waals surface area contributed by atoms with Gasteiger partial charge in [-0.15, -0.1) is 0 Å². The number of thioether (sulfide) groups is 1. The Bertz CT molecular complexity index is 608. The summed E-state index contributed by atoms with van der Waals surface area (Å²) >= 11 is 1.92. The Kier molecular flexibility index (Phi) is 6.73. The molecule has 1 heterocycles. The molecule has 1 N–H and O–H groups in total. The maximum absolute atomic E-state index is 11.9. The lowest BCUT2D eigenvalue weighted by atomic mass is 9.91. The summed E-state index contributed by atoms with van der Waals surface area (Å²) in [5, 5.41) is 7.26. The van der Waals surface area contributed by atoms with Crippen LogP contribution in [0.4, 0.5) is 0 Å². The molecule has 2 rings (SSSR count). The van der Waals surface area contributed by atoms with Gasteiger partial charge in [-0.3, -0.25) is 4.79 Å². The Morgan fingerprint density at radius 2 is 1.83 bits per heavy atom. The number of nitrogens with zero attached hydrogens (tertiary/aromatic N) is 1. The number of hydrogen-bond acceptors (Lipinski definition) is 4. The van der Waals surface area contributed by atoms with Gasteiger partial charge >= 0.3 is 0 Å².